The van der Waals surface area contributed by atoms with E-state index in [-0.39, 0.29) is 0 Å². The van der Waals surface area contributed by atoms with Gasteiger partial charge in [0.05, 0.1) is 5.52 Å². The average Bonchev–Trinajstić information content (AvgIpc) is 3.37. The second-order valence-corrected chi connectivity index (χ2v) is 9.34. The molecular formula is C31H26N2. The largest absolute Gasteiger partial charge is 0.344 e. The minimum atomic E-state index is 0.500. The molecule has 1 unspecified atom stereocenters. The summed E-state index contributed by atoms with van der Waals surface area (Å²) < 4.78 is 4.94. The van der Waals surface area contributed by atoms with E-state index in [1.807, 2.05) is 0 Å². The van der Waals surface area contributed by atoms with Crippen LogP contribution in [-0.4, -0.2) is 9.13 Å². The number of para-hydroxylation sites is 3. The van der Waals surface area contributed by atoms with E-state index < -0.39 is 0 Å². The number of rotatable bonds is 2. The van der Waals surface area contributed by atoms with Gasteiger partial charge in [-0.2, -0.15) is 0 Å². The number of aromatic nitrogens is 2. The van der Waals surface area contributed by atoms with Crippen LogP contribution in [-0.2, 0) is 7.05 Å². The van der Waals surface area contributed by atoms with Gasteiger partial charge in [0, 0.05) is 56.7 Å². The lowest BCUT2D eigenvalue weighted by molar-refractivity contribution is 0.485. The molecule has 0 saturated heterocycles. The lowest BCUT2D eigenvalue weighted by Gasteiger charge is -2.23. The van der Waals surface area contributed by atoms with Gasteiger partial charge >= 0.3 is 0 Å². The average molecular weight is 427 g/mol. The van der Waals surface area contributed by atoms with Crippen LogP contribution < -0.4 is 0 Å². The van der Waals surface area contributed by atoms with Crippen LogP contribution in [0.2, 0.25) is 0 Å². The predicted octanol–water partition coefficient (Wildman–Crippen LogP) is 8.39. The monoisotopic (exact) mass is 426 g/mol. The Morgan fingerprint density at radius 3 is 2.21 bits per heavy atom. The summed E-state index contributed by atoms with van der Waals surface area (Å²) >= 11 is 0. The maximum atomic E-state index is 2.64. The zero-order chi connectivity index (χ0) is 21.9. The van der Waals surface area contributed by atoms with Crippen molar-refractivity contribution in [3.8, 4) is 11.1 Å². The molecule has 1 aliphatic carbocycles. The number of benzene rings is 4. The fraction of sp³-hybridized carbons (Fsp3) is 0.161. The Labute approximate surface area is 193 Å². The molecule has 0 aliphatic heterocycles. The Hall–Kier alpha value is -3.78. The summed E-state index contributed by atoms with van der Waals surface area (Å²) in [6, 6.07) is 32.0. The van der Waals surface area contributed by atoms with Gasteiger partial charge in [0.15, 0.2) is 0 Å². The quantitative estimate of drug-likeness (QED) is 0.246. The minimum Gasteiger partial charge on any atom is -0.344 e. The first-order valence-corrected chi connectivity index (χ1v) is 12.0. The Bertz CT molecular complexity index is 1710. The fourth-order valence-corrected chi connectivity index (χ4v) is 6.01. The van der Waals surface area contributed by atoms with E-state index in [2.05, 4.69) is 113 Å². The van der Waals surface area contributed by atoms with Gasteiger partial charge in [0.2, 0.25) is 0 Å². The number of nitrogens with zero attached hydrogens (tertiary/aromatic N) is 2. The van der Waals surface area contributed by atoms with Crippen LogP contribution in [0.4, 0.5) is 0 Å². The van der Waals surface area contributed by atoms with Gasteiger partial charge in [0.1, 0.15) is 0 Å². The SMILES string of the molecule is Cn1c2ccccc2c2cc(-c3cccc4c5ccccc5n(C5CC=CCC5)c34)ccc21. The number of hydrogen-bond acceptors (Lipinski definition) is 0. The molecular weight excluding hydrogens is 400 g/mol. The molecule has 2 aromatic heterocycles. The van der Waals surface area contributed by atoms with Crippen LogP contribution in [0, 0.1) is 0 Å². The molecule has 6 aromatic rings. The third kappa shape index (κ3) is 2.67. The van der Waals surface area contributed by atoms with E-state index >= 15 is 0 Å². The third-order valence-corrected chi connectivity index (χ3v) is 7.56. The van der Waals surface area contributed by atoms with Crippen molar-refractivity contribution >= 4 is 43.6 Å². The Morgan fingerprint density at radius 2 is 1.39 bits per heavy atom. The van der Waals surface area contributed by atoms with E-state index in [0.717, 1.165) is 12.8 Å². The van der Waals surface area contributed by atoms with E-state index in [9.17, 15) is 0 Å². The van der Waals surface area contributed by atoms with Gasteiger partial charge in [-0.25, -0.2) is 0 Å². The topological polar surface area (TPSA) is 9.86 Å². The molecule has 160 valence electrons. The Balaban J connectivity index is 1.56. The molecule has 4 aromatic carbocycles. The van der Waals surface area contributed by atoms with Crippen molar-refractivity contribution < 1.29 is 0 Å². The second kappa shape index (κ2) is 7.11. The molecule has 0 spiro atoms. The maximum absolute atomic E-state index is 2.64. The van der Waals surface area contributed by atoms with Crippen molar-refractivity contribution in [2.75, 3.05) is 0 Å². The van der Waals surface area contributed by atoms with Crippen molar-refractivity contribution in [3.63, 3.8) is 0 Å². The number of fused-ring (bicyclic) bond motifs is 6. The molecule has 0 bridgehead atoms. The summed E-state index contributed by atoms with van der Waals surface area (Å²) in [7, 11) is 2.17. The summed E-state index contributed by atoms with van der Waals surface area (Å²) in [4.78, 5) is 0. The van der Waals surface area contributed by atoms with Crippen LogP contribution in [0.5, 0.6) is 0 Å². The van der Waals surface area contributed by atoms with E-state index in [0.29, 0.717) is 6.04 Å². The van der Waals surface area contributed by atoms with Crippen molar-refractivity contribution in [2.24, 2.45) is 7.05 Å². The molecule has 2 nitrogen and oxygen atoms in total. The second-order valence-electron chi connectivity index (χ2n) is 9.34. The molecule has 2 heteroatoms. The van der Waals surface area contributed by atoms with E-state index in [4.69, 9.17) is 0 Å². The van der Waals surface area contributed by atoms with Crippen LogP contribution in [0.1, 0.15) is 25.3 Å². The van der Waals surface area contributed by atoms with Gasteiger partial charge in [-0.3, -0.25) is 0 Å². The first-order chi connectivity index (χ1) is 16.3. The van der Waals surface area contributed by atoms with Crippen molar-refractivity contribution in [1.29, 1.82) is 0 Å². The lowest BCUT2D eigenvalue weighted by atomic mass is 9.98. The third-order valence-electron chi connectivity index (χ3n) is 7.56. The summed E-state index contributed by atoms with van der Waals surface area (Å²) in [5.74, 6) is 0. The van der Waals surface area contributed by atoms with Crippen molar-refractivity contribution in [3.05, 3.63) is 97.1 Å². The molecule has 0 radical (unpaired) electrons. The van der Waals surface area contributed by atoms with Crippen molar-refractivity contribution in [1.82, 2.24) is 9.13 Å². The predicted molar refractivity (Wildman–Crippen MR) is 141 cm³/mol. The van der Waals surface area contributed by atoms with Crippen LogP contribution in [0.25, 0.3) is 54.7 Å². The van der Waals surface area contributed by atoms with E-state index in [1.54, 1.807) is 0 Å². The zero-order valence-electron chi connectivity index (χ0n) is 18.8. The van der Waals surface area contributed by atoms with Crippen LogP contribution in [0.15, 0.2) is 97.1 Å². The maximum Gasteiger partial charge on any atom is 0.0573 e. The van der Waals surface area contributed by atoms with Gasteiger partial charge in [-0.05, 0) is 49.1 Å². The molecule has 0 amide bonds. The lowest BCUT2D eigenvalue weighted by Crippen LogP contribution is -2.10. The zero-order valence-corrected chi connectivity index (χ0v) is 18.8. The van der Waals surface area contributed by atoms with Crippen LogP contribution >= 0.6 is 0 Å². The summed E-state index contributed by atoms with van der Waals surface area (Å²) in [5, 5.41) is 5.36. The van der Waals surface area contributed by atoms with E-state index in [1.165, 1.54) is 61.2 Å². The molecule has 7 rings (SSSR count). The Morgan fingerprint density at radius 1 is 0.667 bits per heavy atom. The Kier molecular flexibility index (Phi) is 4.04. The highest BCUT2D eigenvalue weighted by Crippen LogP contribution is 2.41. The van der Waals surface area contributed by atoms with Gasteiger partial charge in [-0.1, -0.05) is 72.8 Å². The summed E-state index contributed by atoms with van der Waals surface area (Å²) in [6.45, 7) is 0. The van der Waals surface area contributed by atoms with Gasteiger partial charge < -0.3 is 9.13 Å². The first-order valence-electron chi connectivity index (χ1n) is 12.0. The number of aryl methyl sites for hydroxylation is 1. The summed E-state index contributed by atoms with van der Waals surface area (Å²) in [6.07, 6.45) is 8.15. The highest BCUT2D eigenvalue weighted by atomic mass is 15.0. The van der Waals surface area contributed by atoms with Crippen molar-refractivity contribution in [2.45, 2.75) is 25.3 Å². The highest BCUT2D eigenvalue weighted by molar-refractivity contribution is 6.14. The molecule has 1 aliphatic rings. The highest BCUT2D eigenvalue weighted by Gasteiger charge is 2.21. The van der Waals surface area contributed by atoms with Gasteiger partial charge in [0.25, 0.3) is 0 Å². The smallest absolute Gasteiger partial charge is 0.0573 e. The minimum absolute atomic E-state index is 0.500. The fourth-order valence-electron chi connectivity index (χ4n) is 6.01. The molecule has 0 N–H and O–H groups in total. The standard InChI is InChI=1S/C31H26N2/c1-32-28-16-7-5-13-25(28)27-20-21(18-19-29(27)32)23-14-9-15-26-24-12-6-8-17-30(24)33(31(23)26)22-10-3-2-4-11-22/h2-3,5-9,12-20,22H,4,10-11H2,1H3. The number of allylic oxidation sites excluding steroid dienone is 2. The molecule has 2 heterocycles. The summed E-state index contributed by atoms with van der Waals surface area (Å²) in [5.41, 5.74) is 7.91. The molecule has 33 heavy (non-hydrogen) atoms. The molecule has 1 atom stereocenters. The van der Waals surface area contributed by atoms with Crippen LogP contribution in [0.3, 0.4) is 0 Å². The van der Waals surface area contributed by atoms with Gasteiger partial charge in [-0.15, -0.1) is 0 Å². The molecule has 0 saturated carbocycles. The normalized spacial score (nSPS) is 16.5. The first kappa shape index (κ1) is 18.8. The number of hydrogen-bond donors (Lipinski definition) is 0. The molecule has 0 fully saturated rings.